The number of carbonyl (C=O) groups is 1. The van der Waals surface area contributed by atoms with Crippen LogP contribution in [0.3, 0.4) is 0 Å². The summed E-state index contributed by atoms with van der Waals surface area (Å²) in [7, 11) is 0. The molecule has 0 atom stereocenters. The van der Waals surface area contributed by atoms with Crippen LogP contribution in [-0.2, 0) is 4.74 Å². The molecule has 1 aromatic rings. The number of hydrogen-bond donors (Lipinski definition) is 1. The van der Waals surface area contributed by atoms with Crippen LogP contribution in [0.15, 0.2) is 18.3 Å². The molecule has 0 radical (unpaired) electrons. The van der Waals surface area contributed by atoms with E-state index in [-0.39, 0.29) is 5.97 Å². The molecule has 1 saturated heterocycles. The number of anilines is 1. The number of aromatic nitrogens is 1. The van der Waals surface area contributed by atoms with Crippen molar-refractivity contribution in [2.45, 2.75) is 52.1 Å². The van der Waals surface area contributed by atoms with Gasteiger partial charge in [-0.3, -0.25) is 4.90 Å². The Kier molecular flexibility index (Phi) is 7.85. The van der Waals surface area contributed by atoms with Gasteiger partial charge in [0, 0.05) is 39.0 Å². The lowest BCUT2D eigenvalue weighted by molar-refractivity contribution is 0.00691. The van der Waals surface area contributed by atoms with Crippen LogP contribution in [0.5, 0.6) is 0 Å². The van der Waals surface area contributed by atoms with Crippen LogP contribution in [0.25, 0.3) is 0 Å². The fraction of sp³-hybridized carbons (Fsp3) is 0.700. The minimum atomic E-state index is -0.496. The predicted molar refractivity (Wildman–Crippen MR) is 104 cm³/mol. The lowest BCUT2D eigenvalue weighted by Crippen LogP contribution is -2.46. The number of piperazine rings is 1. The molecule has 1 N–H and O–H groups in total. The minimum Gasteiger partial charge on any atom is -0.456 e. The number of aliphatic hydroxyl groups is 1. The highest BCUT2D eigenvalue weighted by Gasteiger charge is 2.20. The monoisotopic (exact) mass is 363 g/mol. The van der Waals surface area contributed by atoms with Crippen LogP contribution in [0.2, 0.25) is 0 Å². The van der Waals surface area contributed by atoms with Gasteiger partial charge in [0.05, 0.1) is 5.56 Å². The lowest BCUT2D eigenvalue weighted by Gasteiger charge is -2.35. The molecule has 6 nitrogen and oxygen atoms in total. The smallest absolute Gasteiger partial charge is 0.340 e. The molecule has 1 aliphatic heterocycles. The Hall–Kier alpha value is -1.66. The zero-order valence-corrected chi connectivity index (χ0v) is 16.4. The Morgan fingerprint density at radius 3 is 2.38 bits per heavy atom. The van der Waals surface area contributed by atoms with Crippen LogP contribution < -0.4 is 4.90 Å². The van der Waals surface area contributed by atoms with E-state index in [2.05, 4.69) is 14.8 Å². The second-order valence-electron chi connectivity index (χ2n) is 7.87. The molecule has 0 saturated carbocycles. The van der Waals surface area contributed by atoms with Crippen molar-refractivity contribution >= 4 is 11.8 Å². The van der Waals surface area contributed by atoms with Gasteiger partial charge in [-0.15, -0.1) is 0 Å². The first-order chi connectivity index (χ1) is 12.4. The van der Waals surface area contributed by atoms with Gasteiger partial charge in [0.1, 0.15) is 11.4 Å². The average molecular weight is 364 g/mol. The third-order valence-corrected chi connectivity index (χ3v) is 4.46. The summed E-state index contributed by atoms with van der Waals surface area (Å²) >= 11 is 0. The van der Waals surface area contributed by atoms with E-state index >= 15 is 0 Å². The number of esters is 1. The third kappa shape index (κ3) is 6.92. The highest BCUT2D eigenvalue weighted by Crippen LogP contribution is 2.17. The predicted octanol–water partition coefficient (Wildman–Crippen LogP) is 2.71. The van der Waals surface area contributed by atoms with Crippen LogP contribution in [0.4, 0.5) is 5.82 Å². The number of nitrogens with zero attached hydrogens (tertiary/aromatic N) is 3. The summed E-state index contributed by atoms with van der Waals surface area (Å²) in [4.78, 5) is 21.3. The second-order valence-corrected chi connectivity index (χ2v) is 7.87. The summed E-state index contributed by atoms with van der Waals surface area (Å²) in [5.74, 6) is 0.586. The van der Waals surface area contributed by atoms with Crippen LogP contribution in [-0.4, -0.2) is 65.9 Å². The van der Waals surface area contributed by atoms with Crippen molar-refractivity contribution in [3.63, 3.8) is 0 Å². The first-order valence-corrected chi connectivity index (χ1v) is 9.66. The molecular formula is C20H33N3O3. The lowest BCUT2D eigenvalue weighted by atomic mass is 10.2. The zero-order valence-electron chi connectivity index (χ0n) is 16.4. The van der Waals surface area contributed by atoms with E-state index in [0.29, 0.717) is 12.2 Å². The molecule has 26 heavy (non-hydrogen) atoms. The van der Waals surface area contributed by atoms with Crippen molar-refractivity contribution in [1.29, 1.82) is 0 Å². The summed E-state index contributed by atoms with van der Waals surface area (Å²) in [6, 6.07) is 3.70. The maximum atomic E-state index is 12.1. The summed E-state index contributed by atoms with van der Waals surface area (Å²) in [5.41, 5.74) is -0.00494. The van der Waals surface area contributed by atoms with Gasteiger partial charge in [-0.2, -0.15) is 0 Å². The molecule has 1 fully saturated rings. The number of hydrogen-bond acceptors (Lipinski definition) is 6. The number of ether oxygens (including phenoxy) is 1. The van der Waals surface area contributed by atoms with E-state index in [4.69, 9.17) is 9.84 Å². The van der Waals surface area contributed by atoms with E-state index in [1.54, 1.807) is 12.3 Å². The molecule has 1 aliphatic rings. The molecule has 2 heterocycles. The van der Waals surface area contributed by atoms with Crippen molar-refractivity contribution in [1.82, 2.24) is 9.88 Å². The normalized spacial score (nSPS) is 15.9. The first kappa shape index (κ1) is 20.6. The van der Waals surface area contributed by atoms with E-state index in [1.807, 2.05) is 26.8 Å². The van der Waals surface area contributed by atoms with Crippen LogP contribution in [0.1, 0.15) is 56.8 Å². The third-order valence-electron chi connectivity index (χ3n) is 4.46. The van der Waals surface area contributed by atoms with Gasteiger partial charge in [-0.25, -0.2) is 9.78 Å². The number of pyridine rings is 1. The summed E-state index contributed by atoms with van der Waals surface area (Å²) < 4.78 is 5.37. The molecule has 0 aliphatic carbocycles. The zero-order chi connectivity index (χ0) is 19.0. The second kappa shape index (κ2) is 9.88. The van der Waals surface area contributed by atoms with E-state index in [0.717, 1.165) is 51.4 Å². The largest absolute Gasteiger partial charge is 0.456 e. The SMILES string of the molecule is CC(C)(C)OC(=O)c1ccc(N2CCN(CCCCCCO)CC2)nc1. The Morgan fingerprint density at radius 2 is 1.81 bits per heavy atom. The first-order valence-electron chi connectivity index (χ1n) is 9.66. The molecule has 0 bridgehead atoms. The molecule has 0 aromatic carbocycles. The summed E-state index contributed by atoms with van der Waals surface area (Å²) in [6.07, 6.45) is 6.03. The van der Waals surface area contributed by atoms with Gasteiger partial charge in [-0.1, -0.05) is 12.8 Å². The van der Waals surface area contributed by atoms with Crippen LogP contribution >= 0.6 is 0 Å². The molecule has 1 aromatic heterocycles. The minimum absolute atomic E-state index is 0.304. The van der Waals surface area contributed by atoms with E-state index in [1.165, 1.54) is 12.8 Å². The van der Waals surface area contributed by atoms with Gasteiger partial charge in [0.25, 0.3) is 0 Å². The molecular weight excluding hydrogens is 330 g/mol. The van der Waals surface area contributed by atoms with Gasteiger partial charge in [-0.05, 0) is 52.3 Å². The fourth-order valence-electron chi connectivity index (χ4n) is 3.03. The summed E-state index contributed by atoms with van der Waals surface area (Å²) in [5, 5.41) is 8.80. The Labute approximate surface area is 157 Å². The quantitative estimate of drug-likeness (QED) is 0.566. The van der Waals surface area contributed by atoms with Crippen LogP contribution in [0, 0.1) is 0 Å². The number of carbonyl (C=O) groups excluding carboxylic acids is 1. The van der Waals surface area contributed by atoms with Gasteiger partial charge in [0.2, 0.25) is 0 Å². The topological polar surface area (TPSA) is 65.9 Å². The standard InChI is InChI=1S/C20H33N3O3/c1-20(2,3)26-19(25)17-8-9-18(21-16-17)23-13-11-22(12-14-23)10-6-4-5-7-15-24/h8-9,16,24H,4-7,10-15H2,1-3H3. The molecule has 0 amide bonds. The number of rotatable bonds is 8. The van der Waals surface area contributed by atoms with Crippen molar-refractivity contribution in [3.05, 3.63) is 23.9 Å². The molecule has 6 heteroatoms. The molecule has 0 unspecified atom stereocenters. The Balaban J connectivity index is 1.76. The van der Waals surface area contributed by atoms with Crippen molar-refractivity contribution in [2.24, 2.45) is 0 Å². The summed E-state index contributed by atoms with van der Waals surface area (Å²) in [6.45, 7) is 11.0. The molecule has 2 rings (SSSR count). The van der Waals surface area contributed by atoms with Gasteiger partial charge in [0.15, 0.2) is 0 Å². The Morgan fingerprint density at radius 1 is 1.12 bits per heavy atom. The number of unbranched alkanes of at least 4 members (excludes halogenated alkanes) is 3. The average Bonchev–Trinajstić information content (AvgIpc) is 2.61. The molecule has 0 spiro atoms. The van der Waals surface area contributed by atoms with E-state index in [9.17, 15) is 4.79 Å². The maximum absolute atomic E-state index is 12.1. The van der Waals surface area contributed by atoms with Crippen molar-refractivity contribution in [3.8, 4) is 0 Å². The van der Waals surface area contributed by atoms with Crippen molar-refractivity contribution < 1.29 is 14.6 Å². The van der Waals surface area contributed by atoms with Gasteiger partial charge < -0.3 is 14.7 Å². The maximum Gasteiger partial charge on any atom is 0.340 e. The van der Waals surface area contributed by atoms with Gasteiger partial charge >= 0.3 is 5.97 Å². The fourth-order valence-corrected chi connectivity index (χ4v) is 3.03. The molecule has 146 valence electrons. The Bertz CT molecular complexity index is 546. The highest BCUT2D eigenvalue weighted by atomic mass is 16.6. The van der Waals surface area contributed by atoms with E-state index < -0.39 is 5.60 Å². The van der Waals surface area contributed by atoms with Crippen molar-refractivity contribution in [2.75, 3.05) is 44.2 Å². The highest BCUT2D eigenvalue weighted by molar-refractivity contribution is 5.89. The number of aliphatic hydroxyl groups excluding tert-OH is 1.